The molecule has 0 aliphatic carbocycles. The Hall–Kier alpha value is -2.73. The molecule has 0 bridgehead atoms. The molecule has 4 rings (SSSR count). The van der Waals surface area contributed by atoms with Gasteiger partial charge in [0.1, 0.15) is 12.7 Å². The molecule has 28 heavy (non-hydrogen) atoms. The lowest BCUT2D eigenvalue weighted by atomic mass is 10.1. The first kappa shape index (κ1) is 18.6. The number of carbonyl (C=O) groups is 1. The number of nitrogens with one attached hydrogen (secondary N) is 2. The summed E-state index contributed by atoms with van der Waals surface area (Å²) in [6, 6.07) is 16.1. The summed E-state index contributed by atoms with van der Waals surface area (Å²) in [5.41, 5.74) is 2.61. The number of fused-ring (bicyclic) bond motifs is 1. The second-order valence-corrected chi connectivity index (χ2v) is 7.50. The Balaban J connectivity index is 1.20. The number of ether oxygens (including phenoxy) is 2. The highest BCUT2D eigenvalue weighted by molar-refractivity contribution is 5.76. The molecule has 1 amide bonds. The first-order valence-corrected chi connectivity index (χ1v) is 9.98. The number of nitrogens with zero attached hydrogens (tertiary/aromatic N) is 1. The van der Waals surface area contributed by atoms with Crippen molar-refractivity contribution in [2.24, 2.45) is 0 Å². The van der Waals surface area contributed by atoms with Crippen LogP contribution in [0.3, 0.4) is 0 Å². The molecule has 0 aromatic heterocycles. The fraction of sp³-hybridized carbons (Fsp3) is 0.409. The first-order chi connectivity index (χ1) is 13.7. The molecule has 148 valence electrons. The van der Waals surface area contributed by atoms with E-state index in [2.05, 4.69) is 41.4 Å². The number of quaternary nitrogens is 1. The molecule has 1 fully saturated rings. The summed E-state index contributed by atoms with van der Waals surface area (Å²) in [6.07, 6.45) is -0.147. The van der Waals surface area contributed by atoms with Crippen molar-refractivity contribution in [2.75, 3.05) is 50.8 Å². The van der Waals surface area contributed by atoms with Gasteiger partial charge in [0.05, 0.1) is 32.7 Å². The van der Waals surface area contributed by atoms with Gasteiger partial charge in [0, 0.05) is 5.69 Å². The van der Waals surface area contributed by atoms with Crippen LogP contribution in [0.1, 0.15) is 5.56 Å². The summed E-state index contributed by atoms with van der Waals surface area (Å²) >= 11 is 0. The maximum absolute atomic E-state index is 12.4. The van der Waals surface area contributed by atoms with E-state index in [1.165, 1.54) is 16.2 Å². The zero-order chi connectivity index (χ0) is 19.3. The molecule has 1 atom stereocenters. The van der Waals surface area contributed by atoms with Crippen molar-refractivity contribution in [3.8, 4) is 11.5 Å². The molecule has 2 aromatic carbocycles. The third-order valence-electron chi connectivity index (χ3n) is 5.43. The van der Waals surface area contributed by atoms with Crippen molar-refractivity contribution in [3.63, 3.8) is 0 Å². The van der Waals surface area contributed by atoms with E-state index in [0.29, 0.717) is 19.7 Å². The SMILES string of the molecule is Cc1ccccc1N1CC[NH+](CC(=O)NC[C@@H]2COc3ccccc3O2)CC1. The summed E-state index contributed by atoms with van der Waals surface area (Å²) < 4.78 is 11.6. The van der Waals surface area contributed by atoms with Crippen LogP contribution in [0.2, 0.25) is 0 Å². The highest BCUT2D eigenvalue weighted by Gasteiger charge is 2.25. The topological polar surface area (TPSA) is 55.2 Å². The summed E-state index contributed by atoms with van der Waals surface area (Å²) in [5, 5.41) is 3.00. The molecule has 1 saturated heterocycles. The normalized spacial score (nSPS) is 19.3. The smallest absolute Gasteiger partial charge is 0.275 e. The Morgan fingerprint density at radius 1 is 1.11 bits per heavy atom. The highest BCUT2D eigenvalue weighted by atomic mass is 16.6. The van der Waals surface area contributed by atoms with Gasteiger partial charge in [0.15, 0.2) is 18.0 Å². The second-order valence-electron chi connectivity index (χ2n) is 7.50. The molecule has 2 N–H and O–H groups in total. The minimum atomic E-state index is -0.147. The van der Waals surface area contributed by atoms with Gasteiger partial charge in [-0.3, -0.25) is 4.79 Å². The molecule has 0 saturated carbocycles. The number of amides is 1. The van der Waals surface area contributed by atoms with Gasteiger partial charge in [-0.05, 0) is 30.7 Å². The zero-order valence-electron chi connectivity index (χ0n) is 16.3. The van der Waals surface area contributed by atoms with Crippen molar-refractivity contribution in [2.45, 2.75) is 13.0 Å². The predicted molar refractivity (Wildman–Crippen MR) is 108 cm³/mol. The molecule has 2 aliphatic rings. The molecule has 2 aromatic rings. The van der Waals surface area contributed by atoms with E-state index >= 15 is 0 Å². The monoisotopic (exact) mass is 382 g/mol. The average molecular weight is 382 g/mol. The van der Waals surface area contributed by atoms with Gasteiger partial charge >= 0.3 is 0 Å². The number of rotatable bonds is 5. The Kier molecular flexibility index (Phi) is 5.67. The minimum Gasteiger partial charge on any atom is -0.486 e. The van der Waals surface area contributed by atoms with E-state index in [1.54, 1.807) is 0 Å². The van der Waals surface area contributed by atoms with Gasteiger partial charge in [-0.15, -0.1) is 0 Å². The fourth-order valence-corrected chi connectivity index (χ4v) is 3.84. The van der Waals surface area contributed by atoms with Crippen molar-refractivity contribution in [3.05, 3.63) is 54.1 Å². The van der Waals surface area contributed by atoms with Gasteiger partial charge in [0.2, 0.25) is 0 Å². The van der Waals surface area contributed by atoms with Gasteiger partial charge in [-0.2, -0.15) is 0 Å². The van der Waals surface area contributed by atoms with Crippen molar-refractivity contribution >= 4 is 11.6 Å². The largest absolute Gasteiger partial charge is 0.486 e. The number of hydrogen-bond donors (Lipinski definition) is 2. The van der Waals surface area contributed by atoms with Crippen molar-refractivity contribution in [1.82, 2.24) is 5.32 Å². The first-order valence-electron chi connectivity index (χ1n) is 9.98. The van der Waals surface area contributed by atoms with Crippen molar-refractivity contribution in [1.29, 1.82) is 0 Å². The van der Waals surface area contributed by atoms with Gasteiger partial charge in [0.25, 0.3) is 5.91 Å². The Morgan fingerprint density at radius 3 is 2.61 bits per heavy atom. The van der Waals surface area contributed by atoms with Crippen LogP contribution in [0.15, 0.2) is 48.5 Å². The van der Waals surface area contributed by atoms with E-state index < -0.39 is 0 Å². The quantitative estimate of drug-likeness (QED) is 0.798. The molecule has 0 unspecified atom stereocenters. The third-order valence-corrected chi connectivity index (χ3v) is 5.43. The molecule has 2 aliphatic heterocycles. The molecule has 2 heterocycles. The number of para-hydroxylation sites is 3. The van der Waals surface area contributed by atoms with E-state index in [0.717, 1.165) is 37.7 Å². The average Bonchev–Trinajstić information content (AvgIpc) is 2.73. The van der Waals surface area contributed by atoms with Crippen molar-refractivity contribution < 1.29 is 19.2 Å². The zero-order valence-corrected chi connectivity index (χ0v) is 16.3. The Bertz CT molecular complexity index is 818. The van der Waals surface area contributed by atoms with Gasteiger partial charge in [-0.1, -0.05) is 30.3 Å². The van der Waals surface area contributed by atoms with Crippen LogP contribution in [0.25, 0.3) is 0 Å². The number of benzene rings is 2. The van der Waals surface area contributed by atoms with Crippen LogP contribution in [0, 0.1) is 6.92 Å². The highest BCUT2D eigenvalue weighted by Crippen LogP contribution is 2.30. The number of carbonyl (C=O) groups excluding carboxylic acids is 1. The molecular formula is C22H28N3O3+. The summed E-state index contributed by atoms with van der Waals surface area (Å²) in [4.78, 5) is 16.1. The van der Waals surface area contributed by atoms with E-state index in [-0.39, 0.29) is 12.0 Å². The minimum absolute atomic E-state index is 0.0711. The van der Waals surface area contributed by atoms with Crippen LogP contribution >= 0.6 is 0 Å². The Labute approximate surface area is 166 Å². The van der Waals surface area contributed by atoms with E-state index in [4.69, 9.17) is 9.47 Å². The predicted octanol–water partition coefficient (Wildman–Crippen LogP) is 0.656. The maximum Gasteiger partial charge on any atom is 0.275 e. The molecule has 6 nitrogen and oxygen atoms in total. The molecule has 0 spiro atoms. The van der Waals surface area contributed by atoms with Gasteiger partial charge < -0.3 is 24.6 Å². The molecule has 0 radical (unpaired) electrons. The lowest BCUT2D eigenvalue weighted by Crippen LogP contribution is -3.16. The number of hydrogen-bond acceptors (Lipinski definition) is 4. The Morgan fingerprint density at radius 2 is 1.82 bits per heavy atom. The number of anilines is 1. The summed E-state index contributed by atoms with van der Waals surface area (Å²) in [5.74, 6) is 1.58. The maximum atomic E-state index is 12.4. The number of aryl methyl sites for hydroxylation is 1. The number of piperazine rings is 1. The standard InChI is InChI=1S/C22H27N3O3/c1-17-6-2-3-7-19(17)25-12-10-24(11-13-25)15-22(26)23-14-18-16-27-20-8-4-5-9-21(20)28-18/h2-9,18H,10-16H2,1H3,(H,23,26)/p+1/t18-/m1/s1. The summed E-state index contributed by atoms with van der Waals surface area (Å²) in [6.45, 7) is 7.47. The third kappa shape index (κ3) is 4.39. The fourth-order valence-electron chi connectivity index (χ4n) is 3.84. The second kappa shape index (κ2) is 8.52. The van der Waals surface area contributed by atoms with Crippen LogP contribution in [0.5, 0.6) is 11.5 Å². The van der Waals surface area contributed by atoms with Crippen LogP contribution in [-0.4, -0.2) is 57.9 Å². The van der Waals surface area contributed by atoms with Crippen LogP contribution in [0.4, 0.5) is 5.69 Å². The lowest BCUT2D eigenvalue weighted by molar-refractivity contribution is -0.892. The van der Waals surface area contributed by atoms with E-state index in [1.807, 2.05) is 24.3 Å². The van der Waals surface area contributed by atoms with Crippen LogP contribution < -0.4 is 24.6 Å². The van der Waals surface area contributed by atoms with Gasteiger partial charge in [-0.25, -0.2) is 0 Å². The lowest BCUT2D eigenvalue weighted by Gasteiger charge is -2.34. The molecular weight excluding hydrogens is 354 g/mol. The van der Waals surface area contributed by atoms with E-state index in [9.17, 15) is 4.79 Å². The molecule has 6 heteroatoms. The van der Waals surface area contributed by atoms with Crippen LogP contribution in [-0.2, 0) is 4.79 Å². The summed E-state index contributed by atoms with van der Waals surface area (Å²) in [7, 11) is 0.